The van der Waals surface area contributed by atoms with E-state index >= 15 is 0 Å². The van der Waals surface area contributed by atoms with E-state index in [1.807, 2.05) is 13.8 Å². The van der Waals surface area contributed by atoms with Gasteiger partial charge in [0, 0.05) is 19.1 Å². The molecule has 0 spiro atoms. The van der Waals surface area contributed by atoms with Crippen molar-refractivity contribution in [3.8, 4) is 0 Å². The molecule has 0 saturated carbocycles. The Morgan fingerprint density at radius 1 is 1.29 bits per heavy atom. The van der Waals surface area contributed by atoms with E-state index in [-0.39, 0.29) is 12.1 Å². The number of carbonyl (C=O) groups is 2. The fraction of sp³-hybridized carbons (Fsp3) is 0.875. The summed E-state index contributed by atoms with van der Waals surface area (Å²) in [6.07, 6.45) is 4.36. The van der Waals surface area contributed by atoms with Gasteiger partial charge in [0.2, 0.25) is 0 Å². The average Bonchev–Trinajstić information content (AvgIpc) is 2.84. The summed E-state index contributed by atoms with van der Waals surface area (Å²) in [4.78, 5) is 25.2. The largest absolute Gasteiger partial charge is 0.481 e. The van der Waals surface area contributed by atoms with E-state index in [2.05, 4.69) is 19.2 Å². The van der Waals surface area contributed by atoms with Crippen molar-refractivity contribution in [2.24, 2.45) is 11.3 Å². The summed E-state index contributed by atoms with van der Waals surface area (Å²) in [5, 5.41) is 12.3. The van der Waals surface area contributed by atoms with E-state index in [0.717, 1.165) is 12.8 Å². The highest BCUT2D eigenvalue weighted by molar-refractivity contribution is 5.79. The van der Waals surface area contributed by atoms with Crippen molar-refractivity contribution in [2.45, 2.75) is 65.8 Å². The molecule has 5 heteroatoms. The molecule has 1 aliphatic heterocycles. The van der Waals surface area contributed by atoms with Crippen molar-refractivity contribution >= 4 is 12.0 Å². The highest BCUT2D eigenvalue weighted by Gasteiger charge is 2.44. The molecular formula is C16H30N2O3. The third kappa shape index (κ3) is 4.90. The van der Waals surface area contributed by atoms with Gasteiger partial charge in [-0.2, -0.15) is 0 Å². The standard InChI is InChI=1S/C16H30N2O3/c1-5-16(14(19)20)9-10-18(11-16)15(21)17-13(4)8-6-7-12(2)3/h12-13H,5-11H2,1-4H3,(H,17,21)(H,19,20). The molecule has 1 rings (SSSR count). The zero-order chi connectivity index (χ0) is 16.0. The summed E-state index contributed by atoms with van der Waals surface area (Å²) in [7, 11) is 0. The summed E-state index contributed by atoms with van der Waals surface area (Å²) in [6.45, 7) is 9.14. The third-order valence-electron chi connectivity index (χ3n) is 4.56. The van der Waals surface area contributed by atoms with Crippen LogP contribution in [-0.4, -0.2) is 41.1 Å². The minimum Gasteiger partial charge on any atom is -0.481 e. The molecule has 1 saturated heterocycles. The van der Waals surface area contributed by atoms with E-state index < -0.39 is 11.4 Å². The first kappa shape index (κ1) is 17.8. The van der Waals surface area contributed by atoms with Gasteiger partial charge in [-0.15, -0.1) is 0 Å². The van der Waals surface area contributed by atoms with Crippen molar-refractivity contribution < 1.29 is 14.7 Å². The quantitative estimate of drug-likeness (QED) is 0.759. The number of likely N-dealkylation sites (tertiary alicyclic amines) is 1. The number of amides is 2. The molecule has 0 aromatic carbocycles. The maximum Gasteiger partial charge on any atom is 0.317 e. The Labute approximate surface area is 128 Å². The number of carboxylic acid groups (broad SMARTS) is 1. The number of rotatable bonds is 7. The zero-order valence-electron chi connectivity index (χ0n) is 13.8. The van der Waals surface area contributed by atoms with E-state index in [1.165, 1.54) is 6.42 Å². The van der Waals surface area contributed by atoms with Crippen LogP contribution in [0.1, 0.15) is 59.8 Å². The van der Waals surface area contributed by atoms with Crippen LogP contribution in [0.2, 0.25) is 0 Å². The summed E-state index contributed by atoms with van der Waals surface area (Å²) >= 11 is 0. The van der Waals surface area contributed by atoms with Gasteiger partial charge in [-0.05, 0) is 32.1 Å². The predicted octanol–water partition coefficient (Wildman–Crippen LogP) is 3.10. The summed E-state index contributed by atoms with van der Waals surface area (Å²) in [6, 6.07) is 0.0151. The van der Waals surface area contributed by atoms with Gasteiger partial charge in [0.05, 0.1) is 5.41 Å². The molecule has 0 aliphatic carbocycles. The number of hydrogen-bond donors (Lipinski definition) is 2. The van der Waals surface area contributed by atoms with Gasteiger partial charge in [-0.1, -0.05) is 33.6 Å². The summed E-state index contributed by atoms with van der Waals surface area (Å²) in [5.41, 5.74) is -0.752. The molecule has 2 atom stereocenters. The summed E-state index contributed by atoms with van der Waals surface area (Å²) in [5.74, 6) is -0.0995. The Hall–Kier alpha value is -1.26. The van der Waals surface area contributed by atoms with E-state index in [0.29, 0.717) is 31.8 Å². The molecular weight excluding hydrogens is 268 g/mol. The maximum absolute atomic E-state index is 12.2. The number of carbonyl (C=O) groups excluding carboxylic acids is 1. The van der Waals surface area contributed by atoms with Gasteiger partial charge in [-0.3, -0.25) is 4.79 Å². The lowest BCUT2D eigenvalue weighted by Gasteiger charge is -2.24. The molecule has 122 valence electrons. The molecule has 1 heterocycles. The van der Waals surface area contributed by atoms with Gasteiger partial charge in [0.25, 0.3) is 0 Å². The molecule has 2 N–H and O–H groups in total. The van der Waals surface area contributed by atoms with Crippen LogP contribution >= 0.6 is 0 Å². The van der Waals surface area contributed by atoms with Crippen molar-refractivity contribution in [2.75, 3.05) is 13.1 Å². The number of nitrogens with zero attached hydrogens (tertiary/aromatic N) is 1. The first-order chi connectivity index (χ1) is 9.80. The molecule has 0 radical (unpaired) electrons. The maximum atomic E-state index is 12.2. The van der Waals surface area contributed by atoms with Crippen LogP contribution in [0.25, 0.3) is 0 Å². The van der Waals surface area contributed by atoms with E-state index in [1.54, 1.807) is 4.90 Å². The second-order valence-corrected chi connectivity index (χ2v) is 6.79. The van der Waals surface area contributed by atoms with Gasteiger partial charge in [0.15, 0.2) is 0 Å². The number of aliphatic carboxylic acids is 1. The Kier molecular flexibility index (Phi) is 6.49. The van der Waals surface area contributed by atoms with Crippen molar-refractivity contribution in [3.63, 3.8) is 0 Å². The number of hydrogen-bond acceptors (Lipinski definition) is 2. The van der Waals surface area contributed by atoms with E-state index in [4.69, 9.17) is 0 Å². The molecule has 1 fully saturated rings. The Balaban J connectivity index is 2.41. The Bertz CT molecular complexity index is 371. The molecule has 0 bridgehead atoms. The summed E-state index contributed by atoms with van der Waals surface area (Å²) < 4.78 is 0. The highest BCUT2D eigenvalue weighted by Crippen LogP contribution is 2.34. The Morgan fingerprint density at radius 2 is 1.95 bits per heavy atom. The predicted molar refractivity (Wildman–Crippen MR) is 83.2 cm³/mol. The average molecular weight is 298 g/mol. The number of urea groups is 1. The second kappa shape index (κ2) is 7.66. The van der Waals surface area contributed by atoms with Crippen molar-refractivity contribution in [1.29, 1.82) is 0 Å². The number of nitrogens with one attached hydrogen (secondary N) is 1. The van der Waals surface area contributed by atoms with Gasteiger partial charge in [-0.25, -0.2) is 4.79 Å². The first-order valence-electron chi connectivity index (χ1n) is 8.09. The van der Waals surface area contributed by atoms with Crippen LogP contribution in [0.5, 0.6) is 0 Å². The van der Waals surface area contributed by atoms with Crippen LogP contribution in [-0.2, 0) is 4.79 Å². The molecule has 0 aromatic rings. The normalized spacial score (nSPS) is 23.4. The smallest absolute Gasteiger partial charge is 0.317 e. The lowest BCUT2D eigenvalue weighted by Crippen LogP contribution is -2.44. The van der Waals surface area contributed by atoms with Gasteiger partial charge in [0.1, 0.15) is 0 Å². The minimum atomic E-state index is -0.787. The Morgan fingerprint density at radius 3 is 2.43 bits per heavy atom. The lowest BCUT2D eigenvalue weighted by atomic mass is 9.84. The minimum absolute atomic E-state index is 0.122. The SMILES string of the molecule is CCC1(C(=O)O)CCN(C(=O)NC(C)CCCC(C)C)C1. The van der Waals surface area contributed by atoms with Crippen LogP contribution in [0.4, 0.5) is 4.79 Å². The van der Waals surface area contributed by atoms with Gasteiger partial charge < -0.3 is 15.3 Å². The fourth-order valence-corrected chi connectivity index (χ4v) is 2.87. The molecule has 2 unspecified atom stereocenters. The second-order valence-electron chi connectivity index (χ2n) is 6.79. The van der Waals surface area contributed by atoms with Gasteiger partial charge >= 0.3 is 12.0 Å². The van der Waals surface area contributed by atoms with Crippen LogP contribution < -0.4 is 5.32 Å². The fourth-order valence-electron chi connectivity index (χ4n) is 2.87. The molecule has 0 aromatic heterocycles. The van der Waals surface area contributed by atoms with Crippen LogP contribution in [0.3, 0.4) is 0 Å². The monoisotopic (exact) mass is 298 g/mol. The first-order valence-corrected chi connectivity index (χ1v) is 8.09. The molecule has 5 nitrogen and oxygen atoms in total. The number of carboxylic acids is 1. The highest BCUT2D eigenvalue weighted by atomic mass is 16.4. The van der Waals surface area contributed by atoms with Crippen LogP contribution in [0.15, 0.2) is 0 Å². The van der Waals surface area contributed by atoms with Crippen LogP contribution in [0, 0.1) is 11.3 Å². The zero-order valence-corrected chi connectivity index (χ0v) is 13.8. The molecule has 1 aliphatic rings. The third-order valence-corrected chi connectivity index (χ3v) is 4.56. The van der Waals surface area contributed by atoms with Crippen molar-refractivity contribution in [1.82, 2.24) is 10.2 Å². The van der Waals surface area contributed by atoms with Crippen molar-refractivity contribution in [3.05, 3.63) is 0 Å². The molecule has 21 heavy (non-hydrogen) atoms. The van der Waals surface area contributed by atoms with E-state index in [9.17, 15) is 14.7 Å². The topological polar surface area (TPSA) is 69.6 Å². The molecule has 2 amide bonds. The lowest BCUT2D eigenvalue weighted by molar-refractivity contribution is -0.148.